The molecule has 0 spiro atoms. The van der Waals surface area contributed by atoms with Crippen LogP contribution in [0.2, 0.25) is 0 Å². The van der Waals surface area contributed by atoms with Gasteiger partial charge in [-0.2, -0.15) is 0 Å². The first kappa shape index (κ1) is 19.9. The van der Waals surface area contributed by atoms with Gasteiger partial charge in [-0.3, -0.25) is 19.2 Å². The number of ether oxygens (including phenoxy) is 1. The van der Waals surface area contributed by atoms with E-state index in [4.69, 9.17) is 4.74 Å². The lowest BCUT2D eigenvalue weighted by Gasteiger charge is -2.15. The minimum absolute atomic E-state index is 0.0805. The monoisotopic (exact) mass is 387 g/mol. The number of hydrogen-bond acceptors (Lipinski definition) is 5. The third kappa shape index (κ3) is 5.31. The van der Waals surface area contributed by atoms with Crippen molar-refractivity contribution in [2.24, 2.45) is 0 Å². The van der Waals surface area contributed by atoms with Crippen molar-refractivity contribution in [2.45, 2.75) is 44.6 Å². The van der Waals surface area contributed by atoms with Crippen LogP contribution >= 0.6 is 0 Å². The molecule has 8 nitrogen and oxygen atoms in total. The molecule has 0 bridgehead atoms. The molecule has 1 saturated carbocycles. The van der Waals surface area contributed by atoms with Gasteiger partial charge in [-0.05, 0) is 43.5 Å². The van der Waals surface area contributed by atoms with Gasteiger partial charge in [-0.15, -0.1) is 0 Å². The first-order valence-electron chi connectivity index (χ1n) is 9.66. The first-order valence-corrected chi connectivity index (χ1v) is 9.66. The number of rotatable bonds is 7. The Morgan fingerprint density at radius 3 is 2.43 bits per heavy atom. The Hall–Kier alpha value is -2.90. The van der Waals surface area contributed by atoms with Crippen molar-refractivity contribution in [1.82, 2.24) is 10.6 Å². The Morgan fingerprint density at radius 2 is 1.79 bits per heavy atom. The van der Waals surface area contributed by atoms with E-state index in [1.54, 1.807) is 29.2 Å². The van der Waals surface area contributed by atoms with E-state index in [1.165, 1.54) is 0 Å². The molecule has 1 aromatic carbocycles. The fourth-order valence-corrected chi connectivity index (χ4v) is 3.50. The van der Waals surface area contributed by atoms with Crippen LogP contribution < -0.4 is 15.5 Å². The van der Waals surface area contributed by atoms with Crippen molar-refractivity contribution < 1.29 is 23.9 Å². The molecule has 3 amide bonds. The van der Waals surface area contributed by atoms with Crippen molar-refractivity contribution in [3.63, 3.8) is 0 Å². The zero-order valence-corrected chi connectivity index (χ0v) is 15.7. The van der Waals surface area contributed by atoms with E-state index in [0.29, 0.717) is 18.5 Å². The van der Waals surface area contributed by atoms with Crippen molar-refractivity contribution >= 4 is 29.4 Å². The van der Waals surface area contributed by atoms with Crippen molar-refractivity contribution in [3.8, 4) is 0 Å². The van der Waals surface area contributed by atoms with Crippen LogP contribution in [0.4, 0.5) is 5.69 Å². The van der Waals surface area contributed by atoms with Crippen molar-refractivity contribution in [2.75, 3.05) is 24.6 Å². The molecule has 2 aliphatic rings. The molecule has 2 fully saturated rings. The Morgan fingerprint density at radius 1 is 1.07 bits per heavy atom. The molecular weight excluding hydrogens is 362 g/mol. The lowest BCUT2D eigenvalue weighted by Crippen LogP contribution is -2.37. The van der Waals surface area contributed by atoms with Gasteiger partial charge in [0.05, 0.1) is 0 Å². The van der Waals surface area contributed by atoms with Gasteiger partial charge in [0, 0.05) is 30.3 Å². The summed E-state index contributed by atoms with van der Waals surface area (Å²) in [4.78, 5) is 49.0. The van der Waals surface area contributed by atoms with Gasteiger partial charge in [0.1, 0.15) is 6.54 Å². The summed E-state index contributed by atoms with van der Waals surface area (Å²) in [6.45, 7) is 0.0240. The second-order valence-electron chi connectivity index (χ2n) is 7.09. The number of benzene rings is 1. The van der Waals surface area contributed by atoms with Gasteiger partial charge in [-0.1, -0.05) is 12.8 Å². The summed E-state index contributed by atoms with van der Waals surface area (Å²) >= 11 is 0. The molecule has 8 heteroatoms. The second kappa shape index (κ2) is 9.34. The molecule has 1 aliphatic heterocycles. The van der Waals surface area contributed by atoms with E-state index in [-0.39, 0.29) is 31.0 Å². The zero-order chi connectivity index (χ0) is 19.9. The summed E-state index contributed by atoms with van der Waals surface area (Å²) in [5.41, 5.74) is 1.13. The summed E-state index contributed by atoms with van der Waals surface area (Å²) in [5.74, 6) is -1.34. The average molecular weight is 387 g/mol. The number of nitrogens with one attached hydrogen (secondary N) is 2. The van der Waals surface area contributed by atoms with Gasteiger partial charge >= 0.3 is 5.97 Å². The topological polar surface area (TPSA) is 105 Å². The third-order valence-corrected chi connectivity index (χ3v) is 4.99. The molecule has 3 rings (SSSR count). The number of anilines is 1. The number of amides is 3. The SMILES string of the molecule is O=C(COC(=O)CNC(=O)c1ccc(N2CCCC2=O)cc1)NC1CCCC1. The summed E-state index contributed by atoms with van der Waals surface area (Å²) in [5, 5.41) is 5.29. The van der Waals surface area contributed by atoms with Gasteiger partial charge in [-0.25, -0.2) is 0 Å². The summed E-state index contributed by atoms with van der Waals surface area (Å²) in [6, 6.07) is 6.81. The maximum Gasteiger partial charge on any atom is 0.325 e. The zero-order valence-electron chi connectivity index (χ0n) is 15.7. The second-order valence-corrected chi connectivity index (χ2v) is 7.09. The van der Waals surface area contributed by atoms with E-state index in [2.05, 4.69) is 10.6 Å². The van der Waals surface area contributed by atoms with E-state index in [9.17, 15) is 19.2 Å². The largest absolute Gasteiger partial charge is 0.454 e. The predicted octanol–water partition coefficient (Wildman–Crippen LogP) is 1.15. The van der Waals surface area contributed by atoms with Crippen LogP contribution in [0.5, 0.6) is 0 Å². The number of carbonyl (C=O) groups excluding carboxylic acids is 4. The highest BCUT2D eigenvalue weighted by Gasteiger charge is 2.22. The predicted molar refractivity (Wildman–Crippen MR) is 102 cm³/mol. The van der Waals surface area contributed by atoms with Crippen LogP contribution in [0.3, 0.4) is 0 Å². The molecule has 1 aliphatic carbocycles. The molecule has 0 radical (unpaired) electrons. The molecule has 1 heterocycles. The van der Waals surface area contributed by atoms with Gasteiger partial charge in [0.2, 0.25) is 5.91 Å². The van der Waals surface area contributed by atoms with E-state index >= 15 is 0 Å². The minimum Gasteiger partial charge on any atom is -0.454 e. The van der Waals surface area contributed by atoms with Gasteiger partial charge in [0.15, 0.2) is 6.61 Å². The van der Waals surface area contributed by atoms with E-state index in [0.717, 1.165) is 37.8 Å². The molecule has 2 N–H and O–H groups in total. The minimum atomic E-state index is -0.672. The van der Waals surface area contributed by atoms with Crippen LogP contribution in [0.25, 0.3) is 0 Å². The molecule has 150 valence electrons. The van der Waals surface area contributed by atoms with E-state index in [1.807, 2.05) is 0 Å². The lowest BCUT2D eigenvalue weighted by molar-refractivity contribution is -0.147. The smallest absolute Gasteiger partial charge is 0.325 e. The Labute approximate surface area is 163 Å². The fraction of sp³-hybridized carbons (Fsp3) is 0.500. The molecule has 0 unspecified atom stereocenters. The van der Waals surface area contributed by atoms with Gasteiger partial charge in [0.25, 0.3) is 11.8 Å². The summed E-state index contributed by atoms with van der Waals surface area (Å²) in [7, 11) is 0. The molecular formula is C20H25N3O5. The Balaban J connectivity index is 1.38. The highest BCUT2D eigenvalue weighted by molar-refractivity contribution is 5.98. The lowest BCUT2D eigenvalue weighted by atomic mass is 10.2. The third-order valence-electron chi connectivity index (χ3n) is 4.99. The fourth-order valence-electron chi connectivity index (χ4n) is 3.50. The van der Waals surface area contributed by atoms with Crippen LogP contribution in [0, 0.1) is 0 Å². The van der Waals surface area contributed by atoms with Crippen LogP contribution in [-0.2, 0) is 19.1 Å². The van der Waals surface area contributed by atoms with Crippen LogP contribution in [0.15, 0.2) is 24.3 Å². The number of hydrogen-bond donors (Lipinski definition) is 2. The molecule has 0 atom stereocenters. The number of carbonyl (C=O) groups is 4. The van der Waals surface area contributed by atoms with Crippen LogP contribution in [0.1, 0.15) is 48.9 Å². The standard InChI is InChI=1S/C20H25N3O5/c24-17(22-15-4-1-2-5-15)13-28-19(26)12-21-20(27)14-7-9-16(10-8-14)23-11-3-6-18(23)25/h7-10,15H,1-6,11-13H2,(H,21,27)(H,22,24). The van der Waals surface area contributed by atoms with Crippen LogP contribution in [-0.4, -0.2) is 49.4 Å². The molecule has 1 saturated heterocycles. The quantitative estimate of drug-likeness (QED) is 0.683. The Bertz CT molecular complexity index is 741. The first-order chi connectivity index (χ1) is 13.5. The normalized spacial score (nSPS) is 16.9. The highest BCUT2D eigenvalue weighted by Crippen LogP contribution is 2.21. The Kier molecular flexibility index (Phi) is 6.62. The maximum atomic E-state index is 12.1. The maximum absolute atomic E-state index is 12.1. The number of nitrogens with zero attached hydrogens (tertiary/aromatic N) is 1. The van der Waals surface area contributed by atoms with Crippen molar-refractivity contribution in [1.29, 1.82) is 0 Å². The molecule has 0 aromatic heterocycles. The van der Waals surface area contributed by atoms with E-state index < -0.39 is 11.9 Å². The summed E-state index contributed by atoms with van der Waals surface area (Å²) in [6.07, 6.45) is 5.50. The highest BCUT2D eigenvalue weighted by atomic mass is 16.5. The van der Waals surface area contributed by atoms with Gasteiger partial charge < -0.3 is 20.3 Å². The summed E-state index contributed by atoms with van der Waals surface area (Å²) < 4.78 is 4.89. The molecule has 1 aromatic rings. The molecule has 28 heavy (non-hydrogen) atoms. The van der Waals surface area contributed by atoms with Crippen molar-refractivity contribution in [3.05, 3.63) is 29.8 Å². The average Bonchev–Trinajstić information content (AvgIpc) is 3.36. The number of esters is 1.